The topological polar surface area (TPSA) is 63.1 Å². The quantitative estimate of drug-likeness (QED) is 0.726. The maximum atomic E-state index is 12.9. The first kappa shape index (κ1) is 21.2. The van der Waals surface area contributed by atoms with Crippen LogP contribution in [-0.2, 0) is 9.59 Å². The predicted molar refractivity (Wildman–Crippen MR) is 107 cm³/mol. The molecule has 0 heterocycles. The number of hydrogen-bond donors (Lipinski definition) is 2. The van der Waals surface area contributed by atoms with Crippen LogP contribution in [0.2, 0.25) is 0 Å². The second-order valence-corrected chi connectivity index (χ2v) is 7.43. The number of benzene rings is 1. The molecule has 0 saturated heterocycles. The van der Waals surface area contributed by atoms with Gasteiger partial charge < -0.3 is 19.9 Å². The zero-order chi connectivity index (χ0) is 19.8. The highest BCUT2D eigenvalue weighted by atomic mass is 16.5. The van der Waals surface area contributed by atoms with Crippen LogP contribution in [0, 0.1) is 0 Å². The number of hydrogen-bond acceptors (Lipinski definition) is 3. The molecule has 1 aromatic rings. The Kier molecular flexibility index (Phi) is 8.10. The van der Waals surface area contributed by atoms with Gasteiger partial charge in [0, 0.05) is 18.8 Å². The summed E-state index contributed by atoms with van der Waals surface area (Å²) in [4.78, 5) is 28.3. The number of rotatable bonds is 8. The van der Waals surface area contributed by atoms with Gasteiger partial charge in [0.05, 0.1) is 13.7 Å². The Hall–Kier alpha value is -2.08. The van der Waals surface area contributed by atoms with Gasteiger partial charge in [-0.1, -0.05) is 19.3 Å². The van der Waals surface area contributed by atoms with Crippen molar-refractivity contribution in [1.29, 1.82) is 0 Å². The lowest BCUT2D eigenvalue weighted by Crippen LogP contribution is -3.17. The molecule has 0 aliphatic heterocycles. The molecule has 1 saturated carbocycles. The van der Waals surface area contributed by atoms with E-state index in [1.165, 1.54) is 19.3 Å². The molecule has 0 radical (unpaired) electrons. The fourth-order valence-corrected chi connectivity index (χ4v) is 3.80. The first-order valence-electron chi connectivity index (χ1n) is 10.0. The largest absolute Gasteiger partial charge is 0.497 e. The summed E-state index contributed by atoms with van der Waals surface area (Å²) in [5.41, 5.74) is 0.731. The molecule has 150 valence electrons. The first-order chi connectivity index (χ1) is 13.0. The first-order valence-corrected chi connectivity index (χ1v) is 10.0. The molecule has 2 amide bonds. The van der Waals surface area contributed by atoms with Crippen molar-refractivity contribution < 1.29 is 19.2 Å². The van der Waals surface area contributed by atoms with Crippen molar-refractivity contribution in [3.05, 3.63) is 24.3 Å². The van der Waals surface area contributed by atoms with E-state index in [2.05, 4.69) is 5.32 Å². The van der Waals surface area contributed by atoms with Crippen LogP contribution in [0.5, 0.6) is 5.75 Å². The van der Waals surface area contributed by atoms with Gasteiger partial charge in [0.2, 0.25) is 0 Å². The van der Waals surface area contributed by atoms with Crippen LogP contribution in [0.15, 0.2) is 24.3 Å². The lowest BCUT2D eigenvalue weighted by atomic mass is 9.94. The summed E-state index contributed by atoms with van der Waals surface area (Å²) < 4.78 is 5.13. The minimum absolute atomic E-state index is 0.0861. The minimum atomic E-state index is -0.233. The average molecular weight is 377 g/mol. The van der Waals surface area contributed by atoms with E-state index in [-0.39, 0.29) is 24.4 Å². The SMILES string of the molecule is CC[NH+](CC(=O)Nc1ccc(OC)cc1)[C@@H](C)C(=O)N(C)C1CCCCC1. The Morgan fingerprint density at radius 2 is 1.85 bits per heavy atom. The number of nitrogens with zero attached hydrogens (tertiary/aromatic N) is 1. The molecule has 1 unspecified atom stereocenters. The third kappa shape index (κ3) is 5.96. The van der Waals surface area contributed by atoms with E-state index in [1.807, 2.05) is 50.1 Å². The predicted octanol–water partition coefficient (Wildman–Crippen LogP) is 1.72. The Morgan fingerprint density at radius 3 is 2.41 bits per heavy atom. The minimum Gasteiger partial charge on any atom is -0.497 e. The van der Waals surface area contributed by atoms with Gasteiger partial charge in [-0.2, -0.15) is 0 Å². The fraction of sp³-hybridized carbons (Fsp3) is 0.619. The summed E-state index contributed by atoms with van der Waals surface area (Å²) in [6.07, 6.45) is 5.85. The normalized spacial score (nSPS) is 17.0. The molecule has 6 heteroatoms. The highest BCUT2D eigenvalue weighted by molar-refractivity contribution is 5.91. The lowest BCUT2D eigenvalue weighted by Gasteiger charge is -2.34. The van der Waals surface area contributed by atoms with Gasteiger partial charge in [-0.05, 0) is 51.0 Å². The molecule has 27 heavy (non-hydrogen) atoms. The molecule has 0 aromatic heterocycles. The van der Waals surface area contributed by atoms with E-state index < -0.39 is 0 Å². The Morgan fingerprint density at radius 1 is 1.22 bits per heavy atom. The van der Waals surface area contributed by atoms with E-state index in [9.17, 15) is 9.59 Å². The van der Waals surface area contributed by atoms with Crippen LogP contribution < -0.4 is 15.0 Å². The Bertz CT molecular complexity index is 612. The molecule has 1 aliphatic rings. The van der Waals surface area contributed by atoms with Crippen molar-refractivity contribution in [2.75, 3.05) is 32.6 Å². The van der Waals surface area contributed by atoms with Crippen LogP contribution >= 0.6 is 0 Å². The number of quaternary nitrogens is 1. The Labute approximate surface area is 162 Å². The zero-order valence-corrected chi connectivity index (χ0v) is 17.1. The molecule has 2 N–H and O–H groups in total. The standard InChI is InChI=1S/C21H33N3O3/c1-5-24(15-20(25)22-17-11-13-19(27-4)14-12-17)16(2)21(26)23(3)18-9-7-6-8-10-18/h11-14,16,18H,5-10,15H2,1-4H3,(H,22,25)/p+1/t16-/m0/s1. The van der Waals surface area contributed by atoms with Gasteiger partial charge in [0.1, 0.15) is 5.75 Å². The summed E-state index contributed by atoms with van der Waals surface area (Å²) in [5.74, 6) is 0.798. The highest BCUT2D eigenvalue weighted by Gasteiger charge is 2.32. The van der Waals surface area contributed by atoms with Gasteiger partial charge >= 0.3 is 0 Å². The van der Waals surface area contributed by atoms with Crippen LogP contribution in [0.3, 0.4) is 0 Å². The second-order valence-electron chi connectivity index (χ2n) is 7.43. The smallest absolute Gasteiger partial charge is 0.280 e. The summed E-state index contributed by atoms with van der Waals surface area (Å²) in [6.45, 7) is 4.94. The van der Waals surface area contributed by atoms with Gasteiger partial charge in [-0.15, -0.1) is 0 Å². The summed E-state index contributed by atoms with van der Waals surface area (Å²) in [6, 6.07) is 7.36. The van der Waals surface area contributed by atoms with Crippen molar-refractivity contribution in [1.82, 2.24) is 4.90 Å². The van der Waals surface area contributed by atoms with Crippen LogP contribution in [-0.4, -0.2) is 56.0 Å². The molecule has 6 nitrogen and oxygen atoms in total. The highest BCUT2D eigenvalue weighted by Crippen LogP contribution is 2.21. The average Bonchev–Trinajstić information content (AvgIpc) is 2.71. The Balaban J connectivity index is 1.91. The number of nitrogens with one attached hydrogen (secondary N) is 2. The van der Waals surface area contributed by atoms with E-state index in [0.29, 0.717) is 6.04 Å². The molecular formula is C21H34N3O3+. The van der Waals surface area contributed by atoms with Crippen molar-refractivity contribution in [3.8, 4) is 5.75 Å². The molecule has 1 aromatic carbocycles. The van der Waals surface area contributed by atoms with Crippen LogP contribution in [0.1, 0.15) is 46.0 Å². The fourth-order valence-electron chi connectivity index (χ4n) is 3.80. The van der Waals surface area contributed by atoms with Crippen molar-refractivity contribution in [3.63, 3.8) is 0 Å². The summed E-state index contributed by atoms with van der Waals surface area (Å²) in [7, 11) is 3.53. The van der Waals surface area contributed by atoms with Crippen LogP contribution in [0.25, 0.3) is 0 Å². The zero-order valence-electron chi connectivity index (χ0n) is 17.1. The third-order valence-corrected chi connectivity index (χ3v) is 5.67. The number of carbonyl (C=O) groups is 2. The third-order valence-electron chi connectivity index (χ3n) is 5.67. The van der Waals surface area contributed by atoms with Crippen molar-refractivity contribution in [2.45, 2.75) is 58.0 Å². The van der Waals surface area contributed by atoms with Crippen LogP contribution in [0.4, 0.5) is 5.69 Å². The number of carbonyl (C=O) groups excluding carboxylic acids is 2. The van der Waals surface area contributed by atoms with Crippen molar-refractivity contribution >= 4 is 17.5 Å². The molecule has 2 rings (SSSR count). The second kappa shape index (κ2) is 10.3. The van der Waals surface area contributed by atoms with Crippen molar-refractivity contribution in [2.24, 2.45) is 0 Å². The number of amides is 2. The van der Waals surface area contributed by atoms with E-state index in [4.69, 9.17) is 4.74 Å². The number of methoxy groups -OCH3 is 1. The van der Waals surface area contributed by atoms with E-state index in [1.54, 1.807) is 7.11 Å². The van der Waals surface area contributed by atoms with Gasteiger partial charge in [-0.3, -0.25) is 9.59 Å². The molecule has 2 atom stereocenters. The molecule has 0 bridgehead atoms. The molecule has 1 aliphatic carbocycles. The number of anilines is 1. The maximum Gasteiger partial charge on any atom is 0.280 e. The maximum absolute atomic E-state index is 12.9. The van der Waals surface area contributed by atoms with Gasteiger partial charge in [-0.25, -0.2) is 0 Å². The van der Waals surface area contributed by atoms with Gasteiger partial charge in [0.25, 0.3) is 11.8 Å². The monoisotopic (exact) mass is 376 g/mol. The van der Waals surface area contributed by atoms with E-state index in [0.717, 1.165) is 35.7 Å². The molecule has 1 fully saturated rings. The summed E-state index contributed by atoms with van der Waals surface area (Å²) in [5, 5.41) is 2.90. The van der Waals surface area contributed by atoms with E-state index >= 15 is 0 Å². The lowest BCUT2D eigenvalue weighted by molar-refractivity contribution is -0.904. The number of likely N-dealkylation sites (N-methyl/N-ethyl adjacent to an activating group) is 2. The number of ether oxygens (including phenoxy) is 1. The summed E-state index contributed by atoms with van der Waals surface area (Å²) >= 11 is 0. The molecular weight excluding hydrogens is 342 g/mol. The van der Waals surface area contributed by atoms with Gasteiger partial charge in [0.15, 0.2) is 12.6 Å². The molecule has 0 spiro atoms.